The van der Waals surface area contributed by atoms with Crippen molar-refractivity contribution in [3.05, 3.63) is 12.2 Å². The highest BCUT2D eigenvalue weighted by molar-refractivity contribution is 5.90. The quantitative estimate of drug-likeness (QED) is 0.371. The van der Waals surface area contributed by atoms with Crippen LogP contribution in [0, 0.1) is 0 Å². The molecule has 102 valence electrons. The van der Waals surface area contributed by atoms with E-state index in [4.69, 9.17) is 14.9 Å². The summed E-state index contributed by atoms with van der Waals surface area (Å²) in [7, 11) is 5.49. The van der Waals surface area contributed by atoms with Gasteiger partial charge in [-0.05, 0) is 0 Å². The van der Waals surface area contributed by atoms with Crippen LogP contribution < -0.4 is 0 Å². The molecular formula is C11H18NO6+. The van der Waals surface area contributed by atoms with E-state index in [-0.39, 0.29) is 6.42 Å². The van der Waals surface area contributed by atoms with Gasteiger partial charge in [0.25, 0.3) is 0 Å². The average Bonchev–Trinajstić information content (AvgIpc) is 2.10. The number of rotatable bonds is 7. The number of hydrogen-bond acceptors (Lipinski definition) is 4. The smallest absolute Gasteiger partial charge is 0.331 e. The van der Waals surface area contributed by atoms with Crippen molar-refractivity contribution in [1.29, 1.82) is 0 Å². The zero-order valence-electron chi connectivity index (χ0n) is 10.6. The van der Waals surface area contributed by atoms with Gasteiger partial charge in [-0.1, -0.05) is 0 Å². The molecule has 0 unspecified atom stereocenters. The van der Waals surface area contributed by atoms with Crippen molar-refractivity contribution in [3.63, 3.8) is 0 Å². The number of carboxylic acid groups (broad SMARTS) is 2. The third-order valence-corrected chi connectivity index (χ3v) is 1.80. The van der Waals surface area contributed by atoms with Crippen LogP contribution in [-0.4, -0.2) is 66.4 Å². The Balaban J connectivity index is 4.54. The van der Waals surface area contributed by atoms with Gasteiger partial charge < -0.3 is 19.4 Å². The van der Waals surface area contributed by atoms with Crippen LogP contribution in [0.4, 0.5) is 0 Å². The molecule has 0 aliphatic heterocycles. The molecule has 0 aromatic rings. The van der Waals surface area contributed by atoms with Gasteiger partial charge in [0.15, 0.2) is 6.10 Å². The Hall–Kier alpha value is -1.89. The lowest BCUT2D eigenvalue weighted by Gasteiger charge is -2.28. The number of carbonyl (C=O) groups is 3. The molecule has 0 saturated carbocycles. The van der Waals surface area contributed by atoms with Crippen molar-refractivity contribution in [3.8, 4) is 0 Å². The summed E-state index contributed by atoms with van der Waals surface area (Å²) in [5.41, 5.74) is 0. The minimum atomic E-state index is -1.27. The van der Waals surface area contributed by atoms with Gasteiger partial charge in [-0.15, -0.1) is 0 Å². The van der Waals surface area contributed by atoms with Crippen LogP contribution in [0.2, 0.25) is 0 Å². The zero-order valence-corrected chi connectivity index (χ0v) is 10.6. The molecule has 0 spiro atoms. The van der Waals surface area contributed by atoms with Crippen molar-refractivity contribution in [2.75, 3.05) is 27.7 Å². The van der Waals surface area contributed by atoms with Crippen LogP contribution in [0.5, 0.6) is 0 Å². The minimum absolute atomic E-state index is 0.317. The van der Waals surface area contributed by atoms with Crippen molar-refractivity contribution in [1.82, 2.24) is 0 Å². The topological polar surface area (TPSA) is 101 Å². The fraction of sp³-hybridized carbons (Fsp3) is 0.545. The van der Waals surface area contributed by atoms with Gasteiger partial charge in [-0.3, -0.25) is 4.79 Å². The van der Waals surface area contributed by atoms with Crippen LogP contribution in [0.1, 0.15) is 6.42 Å². The lowest BCUT2D eigenvalue weighted by Crippen LogP contribution is -2.43. The number of ether oxygens (including phenoxy) is 1. The first-order valence-electron chi connectivity index (χ1n) is 5.24. The number of nitrogens with zero attached hydrogens (tertiary/aromatic N) is 1. The summed E-state index contributed by atoms with van der Waals surface area (Å²) in [5.74, 6) is -3.21. The Morgan fingerprint density at radius 2 is 1.72 bits per heavy atom. The van der Waals surface area contributed by atoms with E-state index < -0.39 is 24.0 Å². The third-order valence-electron chi connectivity index (χ3n) is 1.80. The van der Waals surface area contributed by atoms with E-state index >= 15 is 0 Å². The highest BCUT2D eigenvalue weighted by atomic mass is 16.5. The molecule has 0 saturated heterocycles. The first-order valence-corrected chi connectivity index (χ1v) is 5.24. The second-order valence-corrected chi connectivity index (χ2v) is 4.80. The first-order chi connectivity index (χ1) is 8.10. The number of likely N-dealkylation sites (N-methyl/N-ethyl adjacent to an activating group) is 1. The van der Waals surface area contributed by atoms with E-state index in [1.54, 1.807) is 0 Å². The second-order valence-electron chi connectivity index (χ2n) is 4.80. The maximum atomic E-state index is 11.3. The molecule has 0 aliphatic carbocycles. The van der Waals surface area contributed by atoms with E-state index in [9.17, 15) is 14.4 Å². The normalized spacial score (nSPS) is 13.3. The number of quaternary nitrogens is 1. The Morgan fingerprint density at radius 3 is 2.11 bits per heavy atom. The van der Waals surface area contributed by atoms with E-state index in [0.717, 1.165) is 6.08 Å². The number of hydrogen-bond donors (Lipinski definition) is 2. The van der Waals surface area contributed by atoms with Crippen molar-refractivity contribution in [2.24, 2.45) is 0 Å². The molecule has 0 bridgehead atoms. The molecule has 0 rings (SSSR count). The van der Waals surface area contributed by atoms with E-state index in [2.05, 4.69) is 0 Å². The van der Waals surface area contributed by atoms with Crippen LogP contribution in [0.3, 0.4) is 0 Å². The van der Waals surface area contributed by atoms with Gasteiger partial charge in [-0.2, -0.15) is 0 Å². The SMILES string of the molecule is C[N+](C)(C)C[C@H](CC(=O)O)OC(=O)/C=C/C(=O)O. The van der Waals surface area contributed by atoms with Crippen LogP contribution >= 0.6 is 0 Å². The van der Waals surface area contributed by atoms with Crippen molar-refractivity contribution >= 4 is 17.9 Å². The molecule has 18 heavy (non-hydrogen) atoms. The summed E-state index contributed by atoms with van der Waals surface area (Å²) < 4.78 is 5.33. The summed E-state index contributed by atoms with van der Waals surface area (Å²) in [6.07, 6.45) is 0.287. The first kappa shape index (κ1) is 16.1. The lowest BCUT2D eigenvalue weighted by molar-refractivity contribution is -0.873. The van der Waals surface area contributed by atoms with Gasteiger partial charge in [0.2, 0.25) is 0 Å². The van der Waals surface area contributed by atoms with Gasteiger partial charge in [0.1, 0.15) is 6.54 Å². The summed E-state index contributed by atoms with van der Waals surface area (Å²) in [5, 5.41) is 17.0. The molecule has 0 aliphatic rings. The predicted molar refractivity (Wildman–Crippen MR) is 61.8 cm³/mol. The molecule has 0 heterocycles. The maximum absolute atomic E-state index is 11.3. The Morgan fingerprint density at radius 1 is 1.17 bits per heavy atom. The van der Waals surface area contributed by atoms with E-state index in [0.29, 0.717) is 17.1 Å². The fourth-order valence-corrected chi connectivity index (χ4v) is 1.29. The lowest BCUT2D eigenvalue weighted by atomic mass is 10.2. The van der Waals surface area contributed by atoms with E-state index in [1.807, 2.05) is 21.1 Å². The molecule has 2 N–H and O–H groups in total. The van der Waals surface area contributed by atoms with Crippen LogP contribution in [0.25, 0.3) is 0 Å². The number of carboxylic acids is 2. The molecule has 0 aromatic carbocycles. The molecule has 1 atom stereocenters. The van der Waals surface area contributed by atoms with Gasteiger partial charge in [-0.25, -0.2) is 9.59 Å². The number of carbonyl (C=O) groups excluding carboxylic acids is 1. The summed E-state index contributed by atoms with van der Waals surface area (Å²) in [4.78, 5) is 32.1. The highest BCUT2D eigenvalue weighted by Gasteiger charge is 2.24. The molecule has 7 nitrogen and oxygen atoms in total. The Bertz CT molecular complexity index is 355. The van der Waals surface area contributed by atoms with Gasteiger partial charge in [0, 0.05) is 12.2 Å². The van der Waals surface area contributed by atoms with Crippen LogP contribution in [0.15, 0.2) is 12.2 Å². The largest absolute Gasteiger partial charge is 0.481 e. The Kier molecular flexibility index (Phi) is 6.04. The second kappa shape index (κ2) is 6.75. The van der Waals surface area contributed by atoms with Gasteiger partial charge >= 0.3 is 17.9 Å². The fourth-order valence-electron chi connectivity index (χ4n) is 1.29. The molecule has 0 radical (unpaired) electrons. The van der Waals surface area contributed by atoms with E-state index in [1.165, 1.54) is 0 Å². The van der Waals surface area contributed by atoms with Gasteiger partial charge in [0.05, 0.1) is 27.6 Å². The monoisotopic (exact) mass is 260 g/mol. The minimum Gasteiger partial charge on any atom is -0.481 e. The molecular weight excluding hydrogens is 242 g/mol. The summed E-state index contributed by atoms with van der Waals surface area (Å²) in [6, 6.07) is 0. The predicted octanol–water partition coefficient (Wildman–Crippen LogP) is -0.280. The van der Waals surface area contributed by atoms with Crippen LogP contribution in [-0.2, 0) is 19.1 Å². The zero-order chi connectivity index (χ0) is 14.3. The summed E-state index contributed by atoms with van der Waals surface area (Å²) >= 11 is 0. The molecule has 0 fully saturated rings. The average molecular weight is 260 g/mol. The van der Waals surface area contributed by atoms with Crippen molar-refractivity contribution in [2.45, 2.75) is 12.5 Å². The summed E-state index contributed by atoms with van der Waals surface area (Å²) in [6.45, 7) is 0.318. The molecule has 7 heteroatoms. The Labute approximate surface area is 105 Å². The third kappa shape index (κ3) is 9.34. The number of esters is 1. The highest BCUT2D eigenvalue weighted by Crippen LogP contribution is 2.05. The standard InChI is InChI=1S/C11H17NO6/c1-12(2,3)7-8(6-10(15)16)18-11(17)5-4-9(13)14/h4-5,8H,6-7H2,1-3H3,(H-,13,14,15,16)/p+1/b5-4+/t8-/m0/s1. The maximum Gasteiger partial charge on any atom is 0.331 e. The molecule has 0 aromatic heterocycles. The molecule has 0 amide bonds. The number of aliphatic carboxylic acids is 2. The van der Waals surface area contributed by atoms with Crippen molar-refractivity contribution < 1.29 is 33.8 Å².